The van der Waals surface area contributed by atoms with Gasteiger partial charge in [0, 0.05) is 13.0 Å². The van der Waals surface area contributed by atoms with Crippen LogP contribution in [0.2, 0.25) is 0 Å². The number of allylic oxidation sites excluding steroid dienone is 1. The molecule has 0 aromatic heterocycles. The average Bonchev–Trinajstić information content (AvgIpc) is 2.60. The smallest absolute Gasteiger partial charge is 0.237 e. The van der Waals surface area contributed by atoms with Gasteiger partial charge in [-0.2, -0.15) is 0 Å². The number of ether oxygens (including phenoxy) is 2. The molecule has 0 saturated carbocycles. The van der Waals surface area contributed by atoms with Gasteiger partial charge in [-0.3, -0.25) is 4.79 Å². The van der Waals surface area contributed by atoms with Crippen molar-refractivity contribution in [3.8, 4) is 11.5 Å². The number of rotatable bonds is 2. The van der Waals surface area contributed by atoms with Crippen LogP contribution in [-0.2, 0) is 11.2 Å². The van der Waals surface area contributed by atoms with Gasteiger partial charge < -0.3 is 20.1 Å². The number of carbonyl (C=O) groups is 1. The van der Waals surface area contributed by atoms with E-state index < -0.39 is 0 Å². The molecule has 1 aromatic carbocycles. The molecule has 5 nitrogen and oxygen atoms in total. The average molecular weight is 328 g/mol. The van der Waals surface area contributed by atoms with E-state index >= 15 is 0 Å². The van der Waals surface area contributed by atoms with E-state index in [1.54, 1.807) is 7.11 Å². The minimum Gasteiger partial charge on any atom is -0.493 e. The molecule has 4 bridgehead atoms. The molecule has 0 radical (unpaired) electrons. The first kappa shape index (κ1) is 16.6. The van der Waals surface area contributed by atoms with Crippen LogP contribution in [0.3, 0.4) is 0 Å². The summed E-state index contributed by atoms with van der Waals surface area (Å²) in [6.07, 6.45) is 8.46. The van der Waals surface area contributed by atoms with Gasteiger partial charge in [-0.05, 0) is 49.2 Å². The van der Waals surface area contributed by atoms with Crippen molar-refractivity contribution >= 4 is 5.91 Å². The fourth-order valence-electron chi connectivity index (χ4n) is 3.03. The second kappa shape index (κ2) is 7.53. The number of nitrogens with one attached hydrogen (secondary N) is 2. The van der Waals surface area contributed by atoms with Crippen molar-refractivity contribution in [3.05, 3.63) is 47.6 Å². The molecule has 1 aromatic rings. The van der Waals surface area contributed by atoms with E-state index in [4.69, 9.17) is 9.47 Å². The third-order valence-electron chi connectivity index (χ3n) is 4.46. The third kappa shape index (κ3) is 3.79. The van der Waals surface area contributed by atoms with Crippen molar-refractivity contribution in [2.45, 2.75) is 31.4 Å². The van der Waals surface area contributed by atoms with E-state index in [9.17, 15) is 4.79 Å². The highest BCUT2D eigenvalue weighted by molar-refractivity contribution is 5.82. The third-order valence-corrected chi connectivity index (χ3v) is 4.46. The number of hydrogen-bond donors (Lipinski definition) is 2. The Morgan fingerprint density at radius 1 is 1.38 bits per heavy atom. The van der Waals surface area contributed by atoms with Gasteiger partial charge in [0.25, 0.3) is 0 Å². The summed E-state index contributed by atoms with van der Waals surface area (Å²) in [4.78, 5) is 12.3. The first-order chi connectivity index (χ1) is 11.7. The molecule has 1 amide bonds. The Kier molecular flexibility index (Phi) is 5.20. The quantitative estimate of drug-likeness (QED) is 0.871. The molecule has 1 aliphatic carbocycles. The summed E-state index contributed by atoms with van der Waals surface area (Å²) in [6, 6.07) is 5.71. The summed E-state index contributed by atoms with van der Waals surface area (Å²) >= 11 is 0. The van der Waals surface area contributed by atoms with Crippen molar-refractivity contribution in [1.82, 2.24) is 10.6 Å². The zero-order chi connectivity index (χ0) is 16.9. The van der Waals surface area contributed by atoms with Gasteiger partial charge >= 0.3 is 0 Å². The van der Waals surface area contributed by atoms with Crippen LogP contribution in [-0.4, -0.2) is 38.8 Å². The molecule has 24 heavy (non-hydrogen) atoms. The lowest BCUT2D eigenvalue weighted by Crippen LogP contribution is -2.43. The van der Waals surface area contributed by atoms with Gasteiger partial charge in [0.1, 0.15) is 6.10 Å². The maximum absolute atomic E-state index is 12.3. The van der Waals surface area contributed by atoms with E-state index in [0.717, 1.165) is 35.5 Å². The first-order valence-electron chi connectivity index (χ1n) is 8.35. The first-order valence-corrected chi connectivity index (χ1v) is 8.35. The second-order valence-corrected chi connectivity index (χ2v) is 6.10. The highest BCUT2D eigenvalue weighted by Crippen LogP contribution is 2.31. The number of carbonyl (C=O) groups excluding carboxylic acids is 1. The van der Waals surface area contributed by atoms with Crippen molar-refractivity contribution in [2.24, 2.45) is 0 Å². The number of benzene rings is 1. The van der Waals surface area contributed by atoms with Crippen LogP contribution < -0.4 is 20.1 Å². The van der Waals surface area contributed by atoms with Crippen molar-refractivity contribution in [2.75, 3.05) is 20.7 Å². The normalized spacial score (nSPS) is 23.8. The second-order valence-electron chi connectivity index (χ2n) is 6.10. The summed E-state index contributed by atoms with van der Waals surface area (Å²) < 4.78 is 11.5. The molecule has 128 valence electrons. The number of fused-ring (bicyclic) bond motifs is 6. The molecule has 0 saturated heterocycles. The molecule has 2 heterocycles. The van der Waals surface area contributed by atoms with Crippen LogP contribution in [0.15, 0.2) is 42.0 Å². The monoisotopic (exact) mass is 328 g/mol. The number of methoxy groups -OCH3 is 1. The minimum atomic E-state index is -0.215. The largest absolute Gasteiger partial charge is 0.493 e. The Morgan fingerprint density at radius 3 is 2.96 bits per heavy atom. The van der Waals surface area contributed by atoms with Gasteiger partial charge in [0.2, 0.25) is 5.91 Å². The van der Waals surface area contributed by atoms with Crippen LogP contribution in [0.25, 0.3) is 0 Å². The zero-order valence-electron chi connectivity index (χ0n) is 14.2. The van der Waals surface area contributed by atoms with E-state index in [1.807, 2.05) is 31.3 Å². The van der Waals surface area contributed by atoms with Gasteiger partial charge in [-0.25, -0.2) is 0 Å². The molecule has 2 atom stereocenters. The Labute approximate surface area is 142 Å². The lowest BCUT2D eigenvalue weighted by atomic mass is 9.98. The van der Waals surface area contributed by atoms with Gasteiger partial charge in [0.15, 0.2) is 11.5 Å². The van der Waals surface area contributed by atoms with Crippen molar-refractivity contribution in [1.29, 1.82) is 0 Å². The standard InChI is InChI=1S/C19H24N2O3/c1-20-16-11-13-3-6-15(7-4-13)24-18-12-14(5-8-17(18)23-2)9-10-21-19(16)22/h3-6,8,12,15-16,20H,7,9-11H2,1-2H3,(H,21,22). The predicted octanol–water partition coefficient (Wildman–Crippen LogP) is 1.98. The highest BCUT2D eigenvalue weighted by Gasteiger charge is 2.20. The van der Waals surface area contributed by atoms with Crippen LogP contribution in [0.4, 0.5) is 0 Å². The van der Waals surface area contributed by atoms with Gasteiger partial charge in [0.05, 0.1) is 13.2 Å². The summed E-state index contributed by atoms with van der Waals surface area (Å²) in [7, 11) is 3.47. The summed E-state index contributed by atoms with van der Waals surface area (Å²) in [5, 5.41) is 6.11. The summed E-state index contributed by atoms with van der Waals surface area (Å²) in [6.45, 7) is 0.598. The van der Waals surface area contributed by atoms with Crippen LogP contribution in [0.5, 0.6) is 11.5 Å². The molecule has 2 N–H and O–H groups in total. The molecule has 3 aliphatic rings. The molecule has 2 aliphatic heterocycles. The number of likely N-dealkylation sites (N-methyl/N-ethyl adjacent to an activating group) is 1. The van der Waals surface area contributed by atoms with Gasteiger partial charge in [-0.1, -0.05) is 18.2 Å². The topological polar surface area (TPSA) is 59.6 Å². The van der Waals surface area contributed by atoms with E-state index in [-0.39, 0.29) is 18.1 Å². The Bertz CT molecular complexity index is 667. The highest BCUT2D eigenvalue weighted by atomic mass is 16.5. The molecule has 4 rings (SSSR count). The van der Waals surface area contributed by atoms with Gasteiger partial charge in [-0.15, -0.1) is 0 Å². The van der Waals surface area contributed by atoms with E-state index in [2.05, 4.69) is 22.8 Å². The Hall–Kier alpha value is -2.27. The maximum atomic E-state index is 12.3. The fourth-order valence-corrected chi connectivity index (χ4v) is 3.03. The SMILES string of the molecule is CNC1CC2=CCC(C=C2)Oc2cc(ccc2OC)CCNC1=O. The molecule has 5 heteroatoms. The van der Waals surface area contributed by atoms with Crippen molar-refractivity contribution < 1.29 is 14.3 Å². The molecular formula is C19H24N2O3. The lowest BCUT2D eigenvalue weighted by molar-refractivity contribution is -0.122. The summed E-state index contributed by atoms with van der Waals surface area (Å²) in [5.41, 5.74) is 2.27. The fraction of sp³-hybridized carbons (Fsp3) is 0.421. The summed E-state index contributed by atoms with van der Waals surface area (Å²) in [5.74, 6) is 1.52. The molecular weight excluding hydrogens is 304 g/mol. The maximum Gasteiger partial charge on any atom is 0.237 e. The van der Waals surface area contributed by atoms with Crippen LogP contribution >= 0.6 is 0 Å². The lowest BCUT2D eigenvalue weighted by Gasteiger charge is -2.23. The number of hydrogen-bond acceptors (Lipinski definition) is 4. The Balaban J connectivity index is 1.88. The van der Waals surface area contributed by atoms with Crippen LogP contribution in [0.1, 0.15) is 18.4 Å². The predicted molar refractivity (Wildman–Crippen MR) is 93.4 cm³/mol. The van der Waals surface area contributed by atoms with E-state index in [0.29, 0.717) is 13.0 Å². The zero-order valence-corrected chi connectivity index (χ0v) is 14.2. The van der Waals surface area contributed by atoms with E-state index in [1.165, 1.54) is 0 Å². The Morgan fingerprint density at radius 2 is 2.25 bits per heavy atom. The number of amides is 1. The molecule has 0 fully saturated rings. The van der Waals surface area contributed by atoms with Crippen molar-refractivity contribution in [3.63, 3.8) is 0 Å². The molecule has 0 spiro atoms. The molecule has 2 unspecified atom stereocenters. The minimum absolute atomic E-state index is 0.0114. The van der Waals surface area contributed by atoms with Crippen LogP contribution in [0, 0.1) is 0 Å².